The van der Waals surface area contributed by atoms with Crippen molar-refractivity contribution < 1.29 is 18.9 Å². The lowest BCUT2D eigenvalue weighted by atomic mass is 9.83. The molecule has 2 aliphatic carbocycles. The molecule has 0 amide bonds. The monoisotopic (exact) mass is 375 g/mol. The maximum absolute atomic E-state index is 12.5. The van der Waals surface area contributed by atoms with Crippen molar-refractivity contribution >= 4 is 39.1 Å². The fourth-order valence-electron chi connectivity index (χ4n) is 4.25. The third kappa shape index (κ3) is 3.05. The van der Waals surface area contributed by atoms with E-state index in [0.717, 1.165) is 34.1 Å². The molecule has 0 unspecified atom stereocenters. The van der Waals surface area contributed by atoms with E-state index in [9.17, 15) is 14.4 Å². The van der Waals surface area contributed by atoms with Crippen LogP contribution in [0.25, 0.3) is 21.7 Å². The highest BCUT2D eigenvalue weighted by molar-refractivity contribution is 6.12. The Kier molecular flexibility index (Phi) is 4.11. The Balaban J connectivity index is 1.53. The summed E-state index contributed by atoms with van der Waals surface area (Å²) in [6, 6.07) is 9.48. The smallest absolute Gasteiger partial charge is 0.167 e. The molecule has 0 spiro atoms. The molecule has 0 bridgehead atoms. The number of benzene rings is 2. The van der Waals surface area contributed by atoms with Crippen LogP contribution in [0.4, 0.5) is 0 Å². The van der Waals surface area contributed by atoms with Crippen LogP contribution in [-0.2, 0) is 9.59 Å². The first kappa shape index (κ1) is 17.3. The first-order chi connectivity index (χ1) is 13.6. The van der Waals surface area contributed by atoms with Gasteiger partial charge in [0, 0.05) is 18.4 Å². The molecule has 1 aromatic heterocycles. The Hall–Kier alpha value is -2.82. The van der Waals surface area contributed by atoms with Crippen molar-refractivity contribution in [2.45, 2.75) is 50.9 Å². The highest BCUT2D eigenvalue weighted by Gasteiger charge is 2.32. The van der Waals surface area contributed by atoms with Gasteiger partial charge in [-0.1, -0.05) is 36.2 Å². The first-order valence-electron chi connectivity index (χ1n) is 10.00. The maximum Gasteiger partial charge on any atom is 0.167 e. The number of fused-ring (bicyclic) bond motifs is 3. The summed E-state index contributed by atoms with van der Waals surface area (Å²) in [5.41, 5.74) is 1.97. The van der Waals surface area contributed by atoms with Crippen LogP contribution in [0.15, 0.2) is 34.9 Å². The topological polar surface area (TPSA) is 77.2 Å². The zero-order valence-electron chi connectivity index (χ0n) is 15.6. The molecule has 0 radical (unpaired) electrons. The summed E-state index contributed by atoms with van der Waals surface area (Å²) in [4.78, 5) is 36.5. The fraction of sp³-hybridized carbons (Fsp3) is 0.391. The van der Waals surface area contributed by atoms with E-state index in [4.69, 9.17) is 4.52 Å². The van der Waals surface area contributed by atoms with E-state index in [2.05, 4.69) is 5.16 Å². The Labute approximate surface area is 162 Å². The van der Waals surface area contributed by atoms with Crippen LogP contribution in [0, 0.1) is 5.92 Å². The molecule has 2 saturated carbocycles. The molecule has 0 saturated heterocycles. The van der Waals surface area contributed by atoms with Gasteiger partial charge in [-0.25, -0.2) is 0 Å². The zero-order chi connectivity index (χ0) is 19.3. The van der Waals surface area contributed by atoms with Crippen LogP contribution < -0.4 is 0 Å². The van der Waals surface area contributed by atoms with Gasteiger partial charge in [-0.05, 0) is 41.7 Å². The number of carbonyl (C=O) groups is 3. The minimum absolute atomic E-state index is 0.00624. The number of aromatic nitrogens is 1. The van der Waals surface area contributed by atoms with Crippen molar-refractivity contribution in [1.29, 1.82) is 0 Å². The number of rotatable bonds is 5. The van der Waals surface area contributed by atoms with E-state index < -0.39 is 5.92 Å². The number of nitrogens with zero attached hydrogens (tertiary/aromatic N) is 1. The summed E-state index contributed by atoms with van der Waals surface area (Å²) in [5, 5.41) is 6.87. The number of carbonyl (C=O) groups excluding carboxylic acids is 3. The van der Waals surface area contributed by atoms with E-state index >= 15 is 0 Å². The molecule has 1 heterocycles. The van der Waals surface area contributed by atoms with Gasteiger partial charge in [-0.15, -0.1) is 0 Å². The predicted octanol–water partition coefficient (Wildman–Crippen LogP) is 4.76. The fourth-order valence-corrected chi connectivity index (χ4v) is 4.25. The third-order valence-corrected chi connectivity index (χ3v) is 6.08. The average molecular weight is 375 g/mol. The van der Waals surface area contributed by atoms with E-state index in [1.165, 1.54) is 12.8 Å². The minimum atomic E-state index is -0.399. The van der Waals surface area contributed by atoms with Crippen LogP contribution in [-0.4, -0.2) is 22.5 Å². The van der Waals surface area contributed by atoms with Gasteiger partial charge in [0.05, 0.1) is 17.7 Å². The van der Waals surface area contributed by atoms with Crippen molar-refractivity contribution in [2.24, 2.45) is 5.92 Å². The van der Waals surface area contributed by atoms with Crippen LogP contribution >= 0.6 is 0 Å². The molecule has 142 valence electrons. The van der Waals surface area contributed by atoms with Crippen LogP contribution in [0.3, 0.4) is 0 Å². The quantitative estimate of drug-likeness (QED) is 0.475. The maximum atomic E-state index is 12.5. The van der Waals surface area contributed by atoms with Crippen molar-refractivity contribution in [2.75, 3.05) is 0 Å². The Bertz CT molecular complexity index is 1120. The number of hydrogen-bond donors (Lipinski definition) is 0. The summed E-state index contributed by atoms with van der Waals surface area (Å²) >= 11 is 0. The molecule has 2 fully saturated rings. The molecule has 2 aliphatic rings. The molecule has 5 nitrogen and oxygen atoms in total. The SMILES string of the molecule is O=C1CC[C@@H](c2noc3ccc4cc(C(=O)CCC5CC5)ccc4c23)C(=O)C1. The number of ketones is 3. The Morgan fingerprint density at radius 2 is 1.96 bits per heavy atom. The lowest BCUT2D eigenvalue weighted by molar-refractivity contribution is -0.130. The van der Waals surface area contributed by atoms with Gasteiger partial charge in [0.15, 0.2) is 11.4 Å². The van der Waals surface area contributed by atoms with Gasteiger partial charge < -0.3 is 4.52 Å². The van der Waals surface area contributed by atoms with Gasteiger partial charge in [0.2, 0.25) is 0 Å². The largest absolute Gasteiger partial charge is 0.356 e. The zero-order valence-corrected chi connectivity index (χ0v) is 15.6. The molecule has 28 heavy (non-hydrogen) atoms. The normalized spacial score (nSPS) is 20.2. The van der Waals surface area contributed by atoms with E-state index in [1.807, 2.05) is 30.3 Å². The van der Waals surface area contributed by atoms with E-state index in [1.54, 1.807) is 0 Å². The van der Waals surface area contributed by atoms with Crippen LogP contribution in [0.5, 0.6) is 0 Å². The summed E-state index contributed by atoms with van der Waals surface area (Å²) in [7, 11) is 0. The summed E-state index contributed by atoms with van der Waals surface area (Å²) in [6.45, 7) is 0. The Morgan fingerprint density at radius 1 is 1.11 bits per heavy atom. The lowest BCUT2D eigenvalue weighted by Crippen LogP contribution is -2.23. The summed E-state index contributed by atoms with van der Waals surface area (Å²) in [5.74, 6) is 0.428. The van der Waals surface area contributed by atoms with E-state index in [0.29, 0.717) is 30.5 Å². The standard InChI is InChI=1S/C23H21NO4/c25-16-6-8-18(20(27)12-16)23-22-17-7-4-15(19(26)9-3-13-1-2-13)11-14(17)5-10-21(22)28-24-23/h4-5,7,10-11,13,18H,1-3,6,8-9,12H2/t18-/m1/s1. The highest BCUT2D eigenvalue weighted by Crippen LogP contribution is 2.37. The second-order valence-corrected chi connectivity index (χ2v) is 8.12. The second kappa shape index (κ2) is 6.66. The highest BCUT2D eigenvalue weighted by atomic mass is 16.5. The van der Waals surface area contributed by atoms with Gasteiger partial charge in [-0.2, -0.15) is 0 Å². The summed E-state index contributed by atoms with van der Waals surface area (Å²) < 4.78 is 5.48. The van der Waals surface area contributed by atoms with Crippen molar-refractivity contribution in [3.8, 4) is 0 Å². The molecule has 5 rings (SSSR count). The minimum Gasteiger partial charge on any atom is -0.356 e. The van der Waals surface area contributed by atoms with Gasteiger partial charge in [0.1, 0.15) is 17.3 Å². The number of Topliss-reactive ketones (excluding diaryl/α,β-unsaturated/α-hetero) is 3. The first-order valence-corrected chi connectivity index (χ1v) is 10.00. The van der Waals surface area contributed by atoms with Crippen molar-refractivity contribution in [3.63, 3.8) is 0 Å². The Morgan fingerprint density at radius 3 is 2.75 bits per heavy atom. The molecule has 0 aliphatic heterocycles. The molecule has 1 atom stereocenters. The average Bonchev–Trinajstić information content (AvgIpc) is 3.43. The van der Waals surface area contributed by atoms with Gasteiger partial charge in [-0.3, -0.25) is 14.4 Å². The second-order valence-electron chi connectivity index (χ2n) is 8.12. The van der Waals surface area contributed by atoms with Crippen LogP contribution in [0.2, 0.25) is 0 Å². The van der Waals surface area contributed by atoms with Crippen molar-refractivity contribution in [3.05, 3.63) is 41.6 Å². The lowest BCUT2D eigenvalue weighted by Gasteiger charge is -2.18. The molecule has 3 aromatic rings. The summed E-state index contributed by atoms with van der Waals surface area (Å²) in [6.07, 6.45) is 4.94. The molecular formula is C23H21NO4. The van der Waals surface area contributed by atoms with E-state index in [-0.39, 0.29) is 23.8 Å². The molecule has 2 aromatic carbocycles. The van der Waals surface area contributed by atoms with Gasteiger partial charge in [0.25, 0.3) is 0 Å². The number of hydrogen-bond acceptors (Lipinski definition) is 5. The molecular weight excluding hydrogens is 354 g/mol. The van der Waals surface area contributed by atoms with Gasteiger partial charge >= 0.3 is 0 Å². The predicted molar refractivity (Wildman–Crippen MR) is 104 cm³/mol. The third-order valence-electron chi connectivity index (χ3n) is 6.08. The van der Waals surface area contributed by atoms with Crippen molar-refractivity contribution in [1.82, 2.24) is 5.16 Å². The van der Waals surface area contributed by atoms with Crippen LogP contribution in [0.1, 0.15) is 66.9 Å². The molecule has 0 N–H and O–H groups in total. The molecule has 5 heteroatoms.